The average Bonchev–Trinajstić information content (AvgIpc) is 2.66. The van der Waals surface area contributed by atoms with Crippen LogP contribution in [-0.2, 0) is 11.4 Å². The molecule has 6 heteroatoms. The fourth-order valence-corrected chi connectivity index (χ4v) is 1.03. The molecule has 0 saturated heterocycles. The molecule has 0 aliphatic heterocycles. The molecule has 0 radical (unpaired) electrons. The Morgan fingerprint density at radius 2 is 2.13 bits per heavy atom. The smallest absolute Gasteiger partial charge is 0.320 e. The second-order valence-corrected chi connectivity index (χ2v) is 2.83. The Balaban J connectivity index is 1.80. The second kappa shape index (κ2) is 4.43. The van der Waals surface area contributed by atoms with Crippen molar-refractivity contribution in [2.45, 2.75) is 6.61 Å². The van der Waals surface area contributed by atoms with Crippen LogP contribution in [0.2, 0.25) is 0 Å². The van der Waals surface area contributed by atoms with Gasteiger partial charge < -0.3 is 10.3 Å². The molecule has 15 heavy (non-hydrogen) atoms. The fourth-order valence-electron chi connectivity index (χ4n) is 1.03. The lowest BCUT2D eigenvalue weighted by molar-refractivity contribution is 0.176. The first-order valence-corrected chi connectivity index (χ1v) is 4.35. The van der Waals surface area contributed by atoms with Gasteiger partial charge in [0.1, 0.15) is 0 Å². The lowest BCUT2D eigenvalue weighted by atomic mass is 10.2. The monoisotopic (exact) mass is 206 g/mol. The zero-order chi connectivity index (χ0) is 10.5. The largest absolute Gasteiger partial charge is 0.351 e. The highest BCUT2D eigenvalue weighted by molar-refractivity contribution is 5.24. The van der Waals surface area contributed by atoms with E-state index in [1.165, 1.54) is 0 Å². The molecule has 2 rings (SSSR count). The number of anilines is 2. The molecule has 0 aliphatic rings. The summed E-state index contributed by atoms with van der Waals surface area (Å²) in [5.41, 5.74) is 8.79. The van der Waals surface area contributed by atoms with Crippen LogP contribution in [0.25, 0.3) is 0 Å². The van der Waals surface area contributed by atoms with Crippen LogP contribution in [0.1, 0.15) is 5.56 Å². The number of benzene rings is 1. The van der Waals surface area contributed by atoms with Crippen molar-refractivity contribution in [2.24, 2.45) is 0 Å². The summed E-state index contributed by atoms with van der Waals surface area (Å²) >= 11 is 0. The van der Waals surface area contributed by atoms with Gasteiger partial charge in [-0.3, -0.25) is 4.84 Å². The molecule has 0 unspecified atom stereocenters. The van der Waals surface area contributed by atoms with E-state index in [9.17, 15) is 0 Å². The first-order chi connectivity index (χ1) is 7.34. The van der Waals surface area contributed by atoms with Gasteiger partial charge in [0.15, 0.2) is 0 Å². The number of hydrogen-bond donors (Lipinski definition) is 2. The van der Waals surface area contributed by atoms with Crippen molar-refractivity contribution in [3.63, 3.8) is 0 Å². The van der Waals surface area contributed by atoms with Crippen LogP contribution in [0.15, 0.2) is 34.9 Å². The maximum absolute atomic E-state index is 5.23. The maximum atomic E-state index is 5.23. The van der Waals surface area contributed by atoms with E-state index in [1.54, 1.807) is 0 Å². The molecule has 2 aromatic rings. The van der Waals surface area contributed by atoms with Crippen LogP contribution in [-0.4, -0.2) is 10.1 Å². The highest BCUT2D eigenvalue weighted by atomic mass is 16.6. The Labute approximate surface area is 86.0 Å². The van der Waals surface area contributed by atoms with Gasteiger partial charge in [-0.05, 0) is 10.7 Å². The van der Waals surface area contributed by atoms with E-state index in [1.807, 2.05) is 30.3 Å². The summed E-state index contributed by atoms with van der Waals surface area (Å²) in [6, 6.07) is 9.71. The van der Waals surface area contributed by atoms with Gasteiger partial charge in [0.2, 0.25) is 0 Å². The zero-order valence-corrected chi connectivity index (χ0v) is 7.88. The normalized spacial score (nSPS) is 10.1. The van der Waals surface area contributed by atoms with E-state index in [2.05, 4.69) is 20.1 Å². The molecule has 3 N–H and O–H groups in total. The topological polar surface area (TPSA) is 86.2 Å². The number of hydrogen-bond acceptors (Lipinski definition) is 6. The summed E-state index contributed by atoms with van der Waals surface area (Å²) in [4.78, 5) is 8.83. The summed E-state index contributed by atoms with van der Waals surface area (Å²) < 4.78 is 4.54. The summed E-state index contributed by atoms with van der Waals surface area (Å²) in [6.45, 7) is 0.412. The molecule has 1 aromatic heterocycles. The SMILES string of the molecule is Nc1nc(NOCc2ccccc2)no1. The third-order valence-corrected chi connectivity index (χ3v) is 1.69. The van der Waals surface area contributed by atoms with E-state index in [4.69, 9.17) is 10.6 Å². The van der Waals surface area contributed by atoms with Crippen LogP contribution in [0, 0.1) is 0 Å². The lowest BCUT2D eigenvalue weighted by Crippen LogP contribution is -2.02. The van der Waals surface area contributed by atoms with Crippen molar-refractivity contribution in [1.29, 1.82) is 0 Å². The second-order valence-electron chi connectivity index (χ2n) is 2.83. The van der Waals surface area contributed by atoms with Crippen molar-refractivity contribution < 1.29 is 9.36 Å². The van der Waals surface area contributed by atoms with Gasteiger partial charge in [-0.15, -0.1) is 0 Å². The minimum Gasteiger partial charge on any atom is -0.351 e. The third kappa shape index (κ3) is 2.68. The number of aromatic nitrogens is 2. The van der Waals surface area contributed by atoms with Crippen molar-refractivity contribution in [2.75, 3.05) is 11.2 Å². The minimum absolute atomic E-state index is 0.000751. The van der Waals surface area contributed by atoms with Gasteiger partial charge in [0.05, 0.1) is 6.61 Å². The molecule has 0 aliphatic carbocycles. The Morgan fingerprint density at radius 1 is 1.33 bits per heavy atom. The van der Waals surface area contributed by atoms with Gasteiger partial charge >= 0.3 is 6.01 Å². The number of nitrogens with two attached hydrogens (primary N) is 1. The predicted octanol–water partition coefficient (Wildman–Crippen LogP) is 1.20. The molecule has 1 aromatic carbocycles. The van der Waals surface area contributed by atoms with Gasteiger partial charge in [-0.1, -0.05) is 30.3 Å². The summed E-state index contributed by atoms with van der Waals surface area (Å²) in [7, 11) is 0. The molecular weight excluding hydrogens is 196 g/mol. The zero-order valence-electron chi connectivity index (χ0n) is 7.88. The van der Waals surface area contributed by atoms with Crippen LogP contribution < -0.4 is 11.2 Å². The molecule has 1 heterocycles. The highest BCUT2D eigenvalue weighted by Crippen LogP contribution is 2.05. The Bertz CT molecular complexity index is 415. The first kappa shape index (κ1) is 9.47. The van der Waals surface area contributed by atoms with Gasteiger partial charge in [-0.2, -0.15) is 4.98 Å². The number of nitrogen functional groups attached to an aromatic ring is 1. The Morgan fingerprint density at radius 3 is 2.80 bits per heavy atom. The number of nitrogens with one attached hydrogen (secondary N) is 1. The van der Waals surface area contributed by atoms with E-state index in [0.717, 1.165) is 5.56 Å². The van der Waals surface area contributed by atoms with Gasteiger partial charge in [0, 0.05) is 0 Å². The first-order valence-electron chi connectivity index (χ1n) is 4.35. The van der Waals surface area contributed by atoms with E-state index >= 15 is 0 Å². The Hall–Kier alpha value is -2.08. The molecule has 78 valence electrons. The lowest BCUT2D eigenvalue weighted by Gasteiger charge is -2.01. The Kier molecular flexibility index (Phi) is 2.80. The minimum atomic E-state index is 0.000751. The van der Waals surface area contributed by atoms with E-state index < -0.39 is 0 Å². The van der Waals surface area contributed by atoms with Crippen molar-refractivity contribution in [1.82, 2.24) is 10.1 Å². The van der Waals surface area contributed by atoms with Crippen LogP contribution in [0.3, 0.4) is 0 Å². The van der Waals surface area contributed by atoms with Crippen molar-refractivity contribution in [3.8, 4) is 0 Å². The van der Waals surface area contributed by atoms with Crippen molar-refractivity contribution >= 4 is 12.0 Å². The van der Waals surface area contributed by atoms with Crippen LogP contribution in [0.4, 0.5) is 12.0 Å². The van der Waals surface area contributed by atoms with Gasteiger partial charge in [0.25, 0.3) is 5.95 Å². The van der Waals surface area contributed by atoms with Crippen LogP contribution >= 0.6 is 0 Å². The molecule has 0 amide bonds. The summed E-state index contributed by atoms with van der Waals surface area (Å²) in [6.07, 6.45) is 0. The maximum Gasteiger partial charge on any atom is 0.320 e. The molecule has 0 saturated carbocycles. The van der Waals surface area contributed by atoms with E-state index in [0.29, 0.717) is 6.61 Å². The summed E-state index contributed by atoms with van der Waals surface area (Å²) in [5.74, 6) is 0.212. The quantitative estimate of drug-likeness (QED) is 0.731. The molecule has 6 nitrogen and oxygen atoms in total. The standard InChI is InChI=1S/C9H10N4O2/c10-8-11-9(13-15-8)12-14-6-7-4-2-1-3-5-7/h1-5H,6H2,(H3,10,11,12,13). The number of rotatable bonds is 4. The average molecular weight is 206 g/mol. The predicted molar refractivity (Wildman–Crippen MR) is 53.6 cm³/mol. The van der Waals surface area contributed by atoms with Gasteiger partial charge in [-0.25, -0.2) is 5.48 Å². The van der Waals surface area contributed by atoms with Crippen molar-refractivity contribution in [3.05, 3.63) is 35.9 Å². The molecule has 0 atom stereocenters. The molecule has 0 bridgehead atoms. The highest BCUT2D eigenvalue weighted by Gasteiger charge is 2.00. The van der Waals surface area contributed by atoms with E-state index in [-0.39, 0.29) is 12.0 Å². The molecule has 0 spiro atoms. The third-order valence-electron chi connectivity index (χ3n) is 1.69. The summed E-state index contributed by atoms with van der Waals surface area (Å²) in [5, 5.41) is 3.50. The molecular formula is C9H10N4O2. The fraction of sp³-hybridized carbons (Fsp3) is 0.111. The van der Waals surface area contributed by atoms with Crippen LogP contribution in [0.5, 0.6) is 0 Å². The molecule has 0 fully saturated rings. The number of nitrogens with zero attached hydrogens (tertiary/aromatic N) is 2.